The van der Waals surface area contributed by atoms with E-state index in [0.717, 1.165) is 44.9 Å². The van der Waals surface area contributed by atoms with Gasteiger partial charge in [-0.2, -0.15) is 0 Å². The Kier molecular flexibility index (Phi) is 38.0. The average Bonchev–Trinajstić information content (AvgIpc) is 3.09. The minimum atomic E-state index is -0.861. The average molecular weight is 670 g/mol. The van der Waals surface area contributed by atoms with E-state index in [9.17, 15) is 15.0 Å². The molecular formula is C44H79NO3. The summed E-state index contributed by atoms with van der Waals surface area (Å²) < 4.78 is 0. The lowest BCUT2D eigenvalue weighted by Gasteiger charge is -2.19. The Bertz CT molecular complexity index is 812. The minimum absolute atomic E-state index is 0.0814. The van der Waals surface area contributed by atoms with Gasteiger partial charge in [-0.05, 0) is 70.6 Å². The summed E-state index contributed by atoms with van der Waals surface area (Å²) in [5, 5.41) is 22.8. The van der Waals surface area contributed by atoms with Crippen LogP contribution < -0.4 is 5.32 Å². The van der Waals surface area contributed by atoms with E-state index in [-0.39, 0.29) is 12.5 Å². The van der Waals surface area contributed by atoms with Gasteiger partial charge in [0.25, 0.3) is 0 Å². The van der Waals surface area contributed by atoms with Crippen molar-refractivity contribution in [2.45, 2.75) is 206 Å². The Labute approximate surface area is 298 Å². The highest BCUT2D eigenvalue weighted by molar-refractivity contribution is 5.76. The van der Waals surface area contributed by atoms with Crippen LogP contribution in [0.1, 0.15) is 194 Å². The SMILES string of the molecule is CCCCC/C=C/CC/C=C/C(O)C(CO)NC(=O)CCCCCCCCCCCCCC/C=C\C/C=C\C/C=C\CCCCCCC. The maximum atomic E-state index is 12.3. The topological polar surface area (TPSA) is 69.6 Å². The van der Waals surface area contributed by atoms with Crippen LogP contribution in [-0.2, 0) is 4.79 Å². The van der Waals surface area contributed by atoms with E-state index >= 15 is 0 Å². The van der Waals surface area contributed by atoms with Gasteiger partial charge in [-0.15, -0.1) is 0 Å². The molecule has 0 fully saturated rings. The predicted octanol–water partition coefficient (Wildman–Crippen LogP) is 12.6. The molecule has 48 heavy (non-hydrogen) atoms. The van der Waals surface area contributed by atoms with Gasteiger partial charge < -0.3 is 15.5 Å². The fourth-order valence-electron chi connectivity index (χ4n) is 5.79. The van der Waals surface area contributed by atoms with Crippen molar-refractivity contribution >= 4 is 5.91 Å². The van der Waals surface area contributed by atoms with Gasteiger partial charge in [0.15, 0.2) is 0 Å². The number of allylic oxidation sites excluding steroid dienone is 9. The molecule has 0 aromatic carbocycles. The van der Waals surface area contributed by atoms with Gasteiger partial charge in [0.1, 0.15) is 0 Å². The fraction of sp³-hybridized carbons (Fsp3) is 0.750. The molecule has 0 radical (unpaired) electrons. The zero-order chi connectivity index (χ0) is 35.0. The standard InChI is InChI=1S/C44H79NO3/c1-3-5-7-9-11-13-14-15-16-17-18-19-20-21-22-23-24-25-26-27-28-29-30-32-34-36-38-40-44(48)45-42(41-46)43(47)39-37-35-33-31-12-10-8-6-4-2/h12,14-15,17-18,20-21,31,37,39,42-43,46-47H,3-11,13,16,19,22-30,32-36,38,40-41H2,1-2H3,(H,45,48)/b15-14-,18-17-,21-20-,31-12+,39-37+. The fourth-order valence-corrected chi connectivity index (χ4v) is 5.79. The highest BCUT2D eigenvalue weighted by Gasteiger charge is 2.17. The zero-order valence-electron chi connectivity index (χ0n) is 31.7. The Hall–Kier alpha value is -1.91. The molecule has 0 rings (SSSR count). The molecule has 0 heterocycles. The number of rotatable bonds is 36. The van der Waals surface area contributed by atoms with Crippen LogP contribution in [0, 0.1) is 0 Å². The quantitative estimate of drug-likeness (QED) is 0.0459. The van der Waals surface area contributed by atoms with Crippen LogP contribution in [0.25, 0.3) is 0 Å². The molecule has 0 aliphatic rings. The number of hydrogen-bond donors (Lipinski definition) is 3. The van der Waals surface area contributed by atoms with Crippen LogP contribution in [0.15, 0.2) is 60.8 Å². The van der Waals surface area contributed by atoms with E-state index in [4.69, 9.17) is 0 Å². The Morgan fingerprint density at radius 2 is 0.875 bits per heavy atom. The molecule has 0 aliphatic carbocycles. The maximum absolute atomic E-state index is 12.3. The van der Waals surface area contributed by atoms with Crippen molar-refractivity contribution in [3.8, 4) is 0 Å². The molecular weight excluding hydrogens is 590 g/mol. The van der Waals surface area contributed by atoms with Gasteiger partial charge in [-0.3, -0.25) is 4.79 Å². The smallest absolute Gasteiger partial charge is 0.220 e. The number of carbonyl (C=O) groups excluding carboxylic acids is 1. The Balaban J connectivity index is 3.55. The summed E-state index contributed by atoms with van der Waals surface area (Å²) in [6, 6.07) is -0.639. The van der Waals surface area contributed by atoms with Crippen LogP contribution >= 0.6 is 0 Å². The lowest BCUT2D eigenvalue weighted by atomic mass is 10.0. The van der Waals surface area contributed by atoms with Gasteiger partial charge in [-0.1, -0.05) is 177 Å². The third-order valence-electron chi connectivity index (χ3n) is 8.97. The van der Waals surface area contributed by atoms with Crippen molar-refractivity contribution in [3.05, 3.63) is 60.8 Å². The summed E-state index contributed by atoms with van der Waals surface area (Å²) >= 11 is 0. The highest BCUT2D eigenvalue weighted by Crippen LogP contribution is 2.14. The molecule has 2 unspecified atom stereocenters. The molecule has 0 spiro atoms. The van der Waals surface area contributed by atoms with E-state index in [0.29, 0.717) is 6.42 Å². The molecule has 0 aliphatic heterocycles. The first-order chi connectivity index (χ1) is 23.7. The monoisotopic (exact) mass is 670 g/mol. The third kappa shape index (κ3) is 35.4. The van der Waals surface area contributed by atoms with E-state index in [1.165, 1.54) is 128 Å². The van der Waals surface area contributed by atoms with E-state index in [1.807, 2.05) is 6.08 Å². The van der Waals surface area contributed by atoms with Gasteiger partial charge >= 0.3 is 0 Å². The lowest BCUT2D eigenvalue weighted by molar-refractivity contribution is -0.123. The van der Waals surface area contributed by atoms with Crippen molar-refractivity contribution in [1.82, 2.24) is 5.32 Å². The number of aliphatic hydroxyl groups is 2. The summed E-state index contributed by atoms with van der Waals surface area (Å²) in [5.74, 6) is -0.0814. The van der Waals surface area contributed by atoms with Crippen LogP contribution in [0.4, 0.5) is 0 Å². The molecule has 0 aromatic rings. The van der Waals surface area contributed by atoms with Crippen LogP contribution in [0.3, 0.4) is 0 Å². The number of carbonyl (C=O) groups is 1. The lowest BCUT2D eigenvalue weighted by Crippen LogP contribution is -2.45. The van der Waals surface area contributed by atoms with Crippen molar-refractivity contribution in [1.29, 1.82) is 0 Å². The highest BCUT2D eigenvalue weighted by atomic mass is 16.3. The second kappa shape index (κ2) is 39.5. The summed E-state index contributed by atoms with van der Waals surface area (Å²) in [7, 11) is 0. The number of amides is 1. The molecule has 0 saturated carbocycles. The first kappa shape index (κ1) is 46.1. The van der Waals surface area contributed by atoms with Crippen molar-refractivity contribution in [2.75, 3.05) is 6.61 Å². The van der Waals surface area contributed by atoms with Crippen molar-refractivity contribution < 1.29 is 15.0 Å². The van der Waals surface area contributed by atoms with Gasteiger partial charge in [0.05, 0.1) is 18.8 Å². The summed E-state index contributed by atoms with van der Waals surface area (Å²) in [5.41, 5.74) is 0. The van der Waals surface area contributed by atoms with E-state index in [2.05, 4.69) is 67.8 Å². The number of aliphatic hydroxyl groups excluding tert-OH is 2. The maximum Gasteiger partial charge on any atom is 0.220 e. The molecule has 3 N–H and O–H groups in total. The molecule has 0 saturated heterocycles. The largest absolute Gasteiger partial charge is 0.394 e. The summed E-state index contributed by atoms with van der Waals surface area (Å²) in [6.45, 7) is 4.22. The molecule has 2 atom stereocenters. The minimum Gasteiger partial charge on any atom is -0.394 e. The van der Waals surface area contributed by atoms with Gasteiger partial charge in [0, 0.05) is 6.42 Å². The van der Waals surface area contributed by atoms with Gasteiger partial charge in [-0.25, -0.2) is 0 Å². The molecule has 0 bridgehead atoms. The summed E-state index contributed by atoms with van der Waals surface area (Å²) in [6.07, 6.45) is 54.7. The van der Waals surface area contributed by atoms with Crippen LogP contribution in [0.2, 0.25) is 0 Å². The van der Waals surface area contributed by atoms with Crippen LogP contribution in [0.5, 0.6) is 0 Å². The molecule has 0 aromatic heterocycles. The summed E-state index contributed by atoms with van der Waals surface area (Å²) in [4.78, 5) is 12.3. The second-order valence-electron chi connectivity index (χ2n) is 13.7. The normalized spacial score (nSPS) is 13.7. The molecule has 278 valence electrons. The number of nitrogens with one attached hydrogen (secondary N) is 1. The van der Waals surface area contributed by atoms with Gasteiger partial charge in [0.2, 0.25) is 5.91 Å². The second-order valence-corrected chi connectivity index (χ2v) is 13.7. The Morgan fingerprint density at radius 3 is 1.40 bits per heavy atom. The van der Waals surface area contributed by atoms with Crippen molar-refractivity contribution in [3.63, 3.8) is 0 Å². The molecule has 4 heteroatoms. The van der Waals surface area contributed by atoms with E-state index < -0.39 is 12.1 Å². The molecule has 1 amide bonds. The Morgan fingerprint density at radius 1 is 0.500 bits per heavy atom. The first-order valence-electron chi connectivity index (χ1n) is 20.5. The first-order valence-corrected chi connectivity index (χ1v) is 20.5. The zero-order valence-corrected chi connectivity index (χ0v) is 31.7. The third-order valence-corrected chi connectivity index (χ3v) is 8.97. The van der Waals surface area contributed by atoms with Crippen LogP contribution in [-0.4, -0.2) is 34.9 Å². The number of hydrogen-bond acceptors (Lipinski definition) is 3. The number of unbranched alkanes of at least 4 members (excludes halogenated alkanes) is 21. The molecule has 4 nitrogen and oxygen atoms in total. The predicted molar refractivity (Wildman–Crippen MR) is 211 cm³/mol. The van der Waals surface area contributed by atoms with E-state index in [1.54, 1.807) is 6.08 Å². The van der Waals surface area contributed by atoms with Crippen molar-refractivity contribution in [2.24, 2.45) is 0 Å².